The number of hydrogen-bond acceptors (Lipinski definition) is 3. The molecule has 0 aromatic heterocycles. The summed E-state index contributed by atoms with van der Waals surface area (Å²) in [6, 6.07) is 0. The number of rotatable bonds is 1. The van der Waals surface area contributed by atoms with E-state index in [9.17, 15) is 4.79 Å². The molecule has 1 spiro atoms. The fourth-order valence-electron chi connectivity index (χ4n) is 5.91. The summed E-state index contributed by atoms with van der Waals surface area (Å²) in [5.74, 6) is 0.445. The molecule has 4 rings (SSSR count). The minimum atomic E-state index is -0.458. The molecule has 2 aliphatic carbocycles. The van der Waals surface area contributed by atoms with Gasteiger partial charge in [0.2, 0.25) is 0 Å². The molecular formula is C22H31ClHgO3. The maximum absolute atomic E-state index is 11.8. The largest absolute Gasteiger partial charge is 1.00 e. The van der Waals surface area contributed by atoms with Crippen LogP contribution in [0.2, 0.25) is 0 Å². The van der Waals surface area contributed by atoms with Gasteiger partial charge >= 0.3 is 33.6 Å². The maximum Gasteiger partial charge on any atom is 1.00 e. The van der Waals surface area contributed by atoms with Crippen molar-refractivity contribution in [1.29, 1.82) is 0 Å². The van der Waals surface area contributed by atoms with Crippen LogP contribution in [-0.2, 0) is 41.9 Å². The summed E-state index contributed by atoms with van der Waals surface area (Å²) in [4.78, 5) is 11.8. The van der Waals surface area contributed by atoms with E-state index in [1.54, 1.807) is 0 Å². The number of esters is 1. The van der Waals surface area contributed by atoms with Crippen LogP contribution in [0.3, 0.4) is 0 Å². The van der Waals surface area contributed by atoms with Crippen molar-refractivity contribution in [2.75, 3.05) is 0 Å². The number of halogens is 1. The van der Waals surface area contributed by atoms with Crippen molar-refractivity contribution >= 4 is 5.97 Å². The van der Waals surface area contributed by atoms with Gasteiger partial charge in [-0.25, -0.2) is 0 Å². The number of carbonyl (C=O) groups excluding carboxylic acids is 1. The molecule has 2 fully saturated rings. The molecule has 5 atom stereocenters. The van der Waals surface area contributed by atoms with Crippen molar-refractivity contribution < 1.29 is 54.3 Å². The molecule has 3 nitrogen and oxygen atoms in total. The van der Waals surface area contributed by atoms with Crippen LogP contribution >= 0.6 is 0 Å². The fourth-order valence-corrected chi connectivity index (χ4v) is 5.91. The van der Waals surface area contributed by atoms with E-state index in [1.165, 1.54) is 23.6 Å². The van der Waals surface area contributed by atoms with E-state index in [4.69, 9.17) is 9.47 Å². The Hall–Kier alpha value is 0.135. The Kier molecular flexibility index (Phi) is 6.44. The summed E-state index contributed by atoms with van der Waals surface area (Å²) >= 11 is 0. The fraction of sp³-hybridized carbons (Fsp3) is 0.727. The molecule has 1 saturated carbocycles. The van der Waals surface area contributed by atoms with Crippen LogP contribution in [0.5, 0.6) is 0 Å². The van der Waals surface area contributed by atoms with Crippen LogP contribution in [0.4, 0.5) is 0 Å². The molecule has 1 saturated heterocycles. The quantitative estimate of drug-likeness (QED) is 0.270. The Morgan fingerprint density at radius 1 is 1.30 bits per heavy atom. The van der Waals surface area contributed by atoms with Crippen LogP contribution < -0.4 is 12.4 Å². The molecule has 0 amide bonds. The molecule has 0 aromatic carbocycles. The zero-order valence-electron chi connectivity index (χ0n) is 17.4. The van der Waals surface area contributed by atoms with E-state index in [1.807, 2.05) is 0 Å². The Morgan fingerprint density at radius 2 is 1.96 bits per heavy atom. The minimum absolute atomic E-state index is 0. The summed E-state index contributed by atoms with van der Waals surface area (Å²) in [7, 11) is 0. The van der Waals surface area contributed by atoms with E-state index in [0.717, 1.165) is 32.1 Å². The molecule has 4 aliphatic rings. The van der Waals surface area contributed by atoms with Gasteiger partial charge in [0, 0.05) is 24.7 Å². The zero-order valence-corrected chi connectivity index (χ0v) is 23.6. The van der Waals surface area contributed by atoms with E-state index in [0.29, 0.717) is 11.8 Å². The summed E-state index contributed by atoms with van der Waals surface area (Å²) in [6.07, 6.45) is 7.40. The van der Waals surface area contributed by atoms with Crippen LogP contribution in [0.1, 0.15) is 66.7 Å². The third-order valence-corrected chi connectivity index (χ3v) is 7.55. The summed E-state index contributed by atoms with van der Waals surface area (Å²) in [5, 5.41) is 0. The van der Waals surface area contributed by atoms with E-state index in [2.05, 4.69) is 40.7 Å². The smallest absolute Gasteiger partial charge is 1.00 e. The molecule has 2 aliphatic heterocycles. The van der Waals surface area contributed by atoms with E-state index < -0.39 is 5.60 Å². The molecule has 27 heavy (non-hydrogen) atoms. The molecule has 146 valence electrons. The Bertz CT molecular complexity index is 698. The standard InChI is InChI=1S/C22H31O3.ClH.Hg/c1-13-7-8-17-16(13)12-22-18(14(2)9-10-20(22,4)5)11-19(24-15(3)23)21(17,6)25-22;;/h12-13,17,19H,1,7-11H2,2-6H3;1H;/q;;+1/p-1/t13-,17-,19+,21+,22-;;/m0../s1. The zero-order chi connectivity index (χ0) is 18.2. The molecule has 2 heterocycles. The van der Waals surface area contributed by atoms with Crippen molar-refractivity contribution in [3.8, 4) is 0 Å². The molecular weight excluding hydrogens is 548 g/mol. The summed E-state index contributed by atoms with van der Waals surface area (Å²) in [6.45, 7) is 15.0. The van der Waals surface area contributed by atoms with Gasteiger partial charge in [-0.05, 0) is 64.0 Å². The second-order valence-corrected chi connectivity index (χ2v) is 9.44. The normalized spacial score (nSPS) is 41.4. The molecule has 0 unspecified atom stereocenters. The van der Waals surface area contributed by atoms with E-state index >= 15 is 0 Å². The third kappa shape index (κ3) is 3.19. The van der Waals surface area contributed by atoms with Crippen LogP contribution in [0, 0.1) is 24.2 Å². The summed E-state index contributed by atoms with van der Waals surface area (Å²) < 4.78 is 12.9. The second kappa shape index (κ2) is 7.43. The number of ether oxygens (including phenoxy) is 2. The van der Waals surface area contributed by atoms with Gasteiger partial charge in [0.15, 0.2) is 0 Å². The average molecular weight is 580 g/mol. The Labute approximate surface area is 190 Å². The first-order valence-corrected chi connectivity index (χ1v) is 9.73. The second-order valence-electron chi connectivity index (χ2n) is 9.44. The number of hydrogen-bond donors (Lipinski definition) is 0. The molecule has 0 aromatic rings. The predicted octanol–water partition coefficient (Wildman–Crippen LogP) is 1.77. The van der Waals surface area contributed by atoms with Crippen LogP contribution in [0.25, 0.3) is 0 Å². The van der Waals surface area contributed by atoms with Gasteiger partial charge in [-0.2, -0.15) is 0 Å². The number of carbonyl (C=O) groups is 1. The SMILES string of the molecule is [CH2][C@H]1CC[C@H]2C1=C[C@]13O[C@@]2(C)[C@H](OC(C)=O)CC1=C(C)CCC3(C)C.[Cl-].[Hg+]. The number of allylic oxidation sites excluding steroid dienone is 1. The van der Waals surface area contributed by atoms with E-state index in [-0.39, 0.29) is 63.2 Å². The molecule has 2 bridgehead atoms. The first-order chi connectivity index (χ1) is 11.6. The maximum atomic E-state index is 11.8. The van der Waals surface area contributed by atoms with Crippen molar-refractivity contribution in [1.82, 2.24) is 0 Å². The van der Waals surface area contributed by atoms with Crippen molar-refractivity contribution in [3.05, 3.63) is 29.7 Å². The topological polar surface area (TPSA) is 35.5 Å². The Morgan fingerprint density at radius 3 is 2.59 bits per heavy atom. The Balaban J connectivity index is 0.00000131. The molecule has 2 radical (unpaired) electrons. The van der Waals surface area contributed by atoms with Crippen LogP contribution in [-0.4, -0.2) is 23.3 Å². The van der Waals surface area contributed by atoms with Crippen molar-refractivity contribution in [2.24, 2.45) is 17.3 Å². The van der Waals surface area contributed by atoms with Crippen molar-refractivity contribution in [2.45, 2.75) is 84.0 Å². The monoisotopic (exact) mass is 580 g/mol. The first kappa shape index (κ1) is 23.4. The van der Waals surface area contributed by atoms with Gasteiger partial charge in [0.25, 0.3) is 0 Å². The van der Waals surface area contributed by atoms with Crippen LogP contribution in [0.15, 0.2) is 22.8 Å². The minimum Gasteiger partial charge on any atom is -1.00 e. The molecule has 5 heteroatoms. The van der Waals surface area contributed by atoms with Gasteiger partial charge < -0.3 is 21.9 Å². The van der Waals surface area contributed by atoms with Gasteiger partial charge in [0.1, 0.15) is 17.3 Å². The van der Waals surface area contributed by atoms with Gasteiger partial charge in [-0.3, -0.25) is 4.79 Å². The predicted molar refractivity (Wildman–Crippen MR) is 97.8 cm³/mol. The van der Waals surface area contributed by atoms with Gasteiger partial charge in [-0.1, -0.05) is 25.0 Å². The van der Waals surface area contributed by atoms with Gasteiger partial charge in [-0.15, -0.1) is 0 Å². The van der Waals surface area contributed by atoms with Gasteiger partial charge in [0.05, 0.1) is 0 Å². The van der Waals surface area contributed by atoms with Crippen molar-refractivity contribution in [3.63, 3.8) is 0 Å². The molecule has 0 N–H and O–H groups in total. The third-order valence-electron chi connectivity index (χ3n) is 7.55. The first-order valence-electron chi connectivity index (χ1n) is 9.73. The number of fused-ring (bicyclic) bond motifs is 3. The summed E-state index contributed by atoms with van der Waals surface area (Å²) in [5.41, 5.74) is 3.40. The average Bonchev–Trinajstić information content (AvgIpc) is 2.88.